The molecule has 1 heterocycles. The number of esters is 1. The van der Waals surface area contributed by atoms with Gasteiger partial charge in [0.05, 0.1) is 7.11 Å². The molecule has 114 valence electrons. The average molecular weight is 284 g/mol. The lowest BCUT2D eigenvalue weighted by Crippen LogP contribution is -2.40. The van der Waals surface area contributed by atoms with Crippen molar-refractivity contribution in [2.45, 2.75) is 51.5 Å². The van der Waals surface area contributed by atoms with Crippen molar-refractivity contribution >= 4 is 17.8 Å². The lowest BCUT2D eigenvalue weighted by molar-refractivity contribution is -0.151. The van der Waals surface area contributed by atoms with E-state index in [2.05, 4.69) is 5.32 Å². The number of hydrogen-bond donors (Lipinski definition) is 1. The lowest BCUT2D eigenvalue weighted by Gasteiger charge is -2.22. The van der Waals surface area contributed by atoms with Crippen LogP contribution in [0.15, 0.2) is 0 Å². The van der Waals surface area contributed by atoms with Gasteiger partial charge in [-0.1, -0.05) is 6.42 Å². The maximum Gasteiger partial charge on any atom is 0.328 e. The fourth-order valence-corrected chi connectivity index (χ4v) is 2.43. The number of nitrogens with zero attached hydrogens (tertiary/aromatic N) is 1. The van der Waals surface area contributed by atoms with Crippen LogP contribution in [0.3, 0.4) is 0 Å². The molecule has 0 aromatic carbocycles. The van der Waals surface area contributed by atoms with E-state index in [-0.39, 0.29) is 17.8 Å². The molecule has 0 aromatic heterocycles. The van der Waals surface area contributed by atoms with Gasteiger partial charge < -0.3 is 15.0 Å². The molecule has 1 saturated heterocycles. The molecule has 0 saturated carbocycles. The molecule has 1 rings (SSSR count). The maximum absolute atomic E-state index is 12.1. The van der Waals surface area contributed by atoms with Gasteiger partial charge in [-0.3, -0.25) is 9.59 Å². The molecule has 6 heteroatoms. The number of nitrogens with one attached hydrogen (secondary N) is 1. The molecule has 0 radical (unpaired) electrons. The second-order valence-corrected chi connectivity index (χ2v) is 5.06. The Kier molecular flexibility index (Phi) is 7.04. The smallest absolute Gasteiger partial charge is 0.328 e. The molecule has 1 atom stereocenters. The van der Waals surface area contributed by atoms with Crippen molar-refractivity contribution in [1.82, 2.24) is 10.2 Å². The molecule has 0 aliphatic carbocycles. The van der Waals surface area contributed by atoms with Gasteiger partial charge in [-0.2, -0.15) is 0 Å². The maximum atomic E-state index is 12.1. The zero-order valence-electron chi connectivity index (χ0n) is 12.3. The highest BCUT2D eigenvalue weighted by Crippen LogP contribution is 2.20. The van der Waals surface area contributed by atoms with Gasteiger partial charge in [0.25, 0.3) is 0 Å². The molecule has 1 N–H and O–H groups in total. The third kappa shape index (κ3) is 5.19. The van der Waals surface area contributed by atoms with Gasteiger partial charge in [0, 0.05) is 26.4 Å². The SMILES string of the molecule is COC(=O)C1CCCN1C(=O)CCCCCNC(C)=O. The van der Waals surface area contributed by atoms with Crippen molar-refractivity contribution in [1.29, 1.82) is 0 Å². The number of ether oxygens (including phenoxy) is 1. The molecule has 1 fully saturated rings. The quantitative estimate of drug-likeness (QED) is 0.555. The Morgan fingerprint density at radius 3 is 2.65 bits per heavy atom. The van der Waals surface area contributed by atoms with E-state index < -0.39 is 6.04 Å². The summed E-state index contributed by atoms with van der Waals surface area (Å²) in [5, 5.41) is 2.72. The Balaban J connectivity index is 2.21. The first kappa shape index (κ1) is 16.5. The van der Waals surface area contributed by atoms with Gasteiger partial charge in [-0.05, 0) is 25.7 Å². The summed E-state index contributed by atoms with van der Waals surface area (Å²) in [5.41, 5.74) is 0. The van der Waals surface area contributed by atoms with Crippen molar-refractivity contribution in [3.8, 4) is 0 Å². The molecule has 0 spiro atoms. The first-order valence-electron chi connectivity index (χ1n) is 7.18. The van der Waals surface area contributed by atoms with Crippen molar-refractivity contribution in [2.24, 2.45) is 0 Å². The third-order valence-corrected chi connectivity index (χ3v) is 3.49. The highest BCUT2D eigenvalue weighted by molar-refractivity contribution is 5.85. The van der Waals surface area contributed by atoms with Gasteiger partial charge in [0.1, 0.15) is 6.04 Å². The second kappa shape index (κ2) is 8.55. The van der Waals surface area contributed by atoms with Crippen LogP contribution in [0.2, 0.25) is 0 Å². The normalized spacial score (nSPS) is 17.9. The summed E-state index contributed by atoms with van der Waals surface area (Å²) in [6.45, 7) is 2.78. The van der Waals surface area contributed by atoms with Gasteiger partial charge in [0.15, 0.2) is 0 Å². The summed E-state index contributed by atoms with van der Waals surface area (Å²) in [5.74, 6) is -0.321. The zero-order valence-corrected chi connectivity index (χ0v) is 12.3. The van der Waals surface area contributed by atoms with Crippen LogP contribution in [-0.4, -0.2) is 48.9 Å². The number of methoxy groups -OCH3 is 1. The number of carbonyl (C=O) groups is 3. The number of unbranched alkanes of at least 4 members (excludes halogenated alkanes) is 2. The number of amides is 2. The molecule has 2 amide bonds. The molecule has 6 nitrogen and oxygen atoms in total. The number of rotatable bonds is 7. The Morgan fingerprint density at radius 1 is 1.25 bits per heavy atom. The molecule has 20 heavy (non-hydrogen) atoms. The predicted octanol–water partition coefficient (Wildman–Crippen LogP) is 0.847. The monoisotopic (exact) mass is 284 g/mol. The van der Waals surface area contributed by atoms with Crippen LogP contribution in [0, 0.1) is 0 Å². The van der Waals surface area contributed by atoms with Gasteiger partial charge in [0.2, 0.25) is 11.8 Å². The van der Waals surface area contributed by atoms with E-state index in [1.54, 1.807) is 4.90 Å². The van der Waals surface area contributed by atoms with Crippen LogP contribution < -0.4 is 5.32 Å². The standard InChI is InChI=1S/C14H24N2O4/c1-11(17)15-9-5-3-4-8-13(18)16-10-6-7-12(16)14(19)20-2/h12H,3-10H2,1-2H3,(H,15,17). The van der Waals surface area contributed by atoms with E-state index in [0.717, 1.165) is 25.7 Å². The molecule has 0 bridgehead atoms. The van der Waals surface area contributed by atoms with E-state index in [1.165, 1.54) is 14.0 Å². The number of likely N-dealkylation sites (tertiary alicyclic amines) is 1. The summed E-state index contributed by atoms with van der Waals surface area (Å²) >= 11 is 0. The topological polar surface area (TPSA) is 75.7 Å². The van der Waals surface area contributed by atoms with Gasteiger partial charge in [-0.15, -0.1) is 0 Å². The van der Waals surface area contributed by atoms with Crippen molar-refractivity contribution in [3.63, 3.8) is 0 Å². The Morgan fingerprint density at radius 2 is 2.00 bits per heavy atom. The summed E-state index contributed by atoms with van der Waals surface area (Å²) in [7, 11) is 1.35. The van der Waals surface area contributed by atoms with E-state index in [9.17, 15) is 14.4 Å². The largest absolute Gasteiger partial charge is 0.467 e. The van der Waals surface area contributed by atoms with Crippen molar-refractivity contribution in [3.05, 3.63) is 0 Å². The minimum Gasteiger partial charge on any atom is -0.467 e. The predicted molar refractivity (Wildman–Crippen MR) is 73.9 cm³/mol. The average Bonchev–Trinajstić information content (AvgIpc) is 2.90. The molecule has 1 unspecified atom stereocenters. The minimum atomic E-state index is -0.396. The van der Waals surface area contributed by atoms with E-state index in [4.69, 9.17) is 4.74 Å². The van der Waals surface area contributed by atoms with Gasteiger partial charge >= 0.3 is 5.97 Å². The second-order valence-electron chi connectivity index (χ2n) is 5.06. The highest BCUT2D eigenvalue weighted by atomic mass is 16.5. The lowest BCUT2D eigenvalue weighted by atomic mass is 10.1. The summed E-state index contributed by atoms with van der Waals surface area (Å²) < 4.78 is 4.72. The zero-order chi connectivity index (χ0) is 15.0. The first-order valence-corrected chi connectivity index (χ1v) is 7.18. The van der Waals surface area contributed by atoms with Crippen molar-refractivity contribution < 1.29 is 19.1 Å². The molecular weight excluding hydrogens is 260 g/mol. The Hall–Kier alpha value is -1.59. The first-order chi connectivity index (χ1) is 9.56. The Labute approximate surface area is 119 Å². The number of hydrogen-bond acceptors (Lipinski definition) is 4. The highest BCUT2D eigenvalue weighted by Gasteiger charge is 2.34. The van der Waals surface area contributed by atoms with Crippen LogP contribution in [0.25, 0.3) is 0 Å². The van der Waals surface area contributed by atoms with Crippen LogP contribution in [-0.2, 0) is 19.1 Å². The number of carbonyl (C=O) groups excluding carboxylic acids is 3. The van der Waals surface area contributed by atoms with E-state index in [1.807, 2.05) is 0 Å². The van der Waals surface area contributed by atoms with Crippen LogP contribution in [0.1, 0.15) is 45.4 Å². The summed E-state index contributed by atoms with van der Waals surface area (Å²) in [6.07, 6.45) is 4.54. The fourth-order valence-electron chi connectivity index (χ4n) is 2.43. The van der Waals surface area contributed by atoms with E-state index >= 15 is 0 Å². The minimum absolute atomic E-state index is 0.0254. The summed E-state index contributed by atoms with van der Waals surface area (Å²) in [4.78, 5) is 35.9. The Bertz CT molecular complexity index is 357. The van der Waals surface area contributed by atoms with Crippen LogP contribution in [0.4, 0.5) is 0 Å². The van der Waals surface area contributed by atoms with E-state index in [0.29, 0.717) is 25.9 Å². The van der Waals surface area contributed by atoms with Gasteiger partial charge in [-0.25, -0.2) is 4.79 Å². The third-order valence-electron chi connectivity index (χ3n) is 3.49. The summed E-state index contributed by atoms with van der Waals surface area (Å²) in [6, 6.07) is -0.396. The van der Waals surface area contributed by atoms with Crippen LogP contribution in [0.5, 0.6) is 0 Å². The van der Waals surface area contributed by atoms with Crippen LogP contribution >= 0.6 is 0 Å². The molecular formula is C14H24N2O4. The molecule has 1 aliphatic heterocycles. The van der Waals surface area contributed by atoms with Crippen molar-refractivity contribution in [2.75, 3.05) is 20.2 Å². The molecule has 0 aromatic rings. The molecule has 1 aliphatic rings. The fraction of sp³-hybridized carbons (Fsp3) is 0.786.